The zero-order valence-electron chi connectivity index (χ0n) is 18.3. The molecule has 0 atom stereocenters. The van der Waals surface area contributed by atoms with E-state index in [4.69, 9.17) is 0 Å². The quantitative estimate of drug-likeness (QED) is 0.629. The number of hydrogen-bond donors (Lipinski definition) is 1. The second-order valence-corrected chi connectivity index (χ2v) is 8.40. The molecule has 4 rings (SSSR count). The third kappa shape index (κ3) is 6.27. The van der Waals surface area contributed by atoms with Gasteiger partial charge in [0.25, 0.3) is 5.91 Å². The van der Waals surface area contributed by atoms with Gasteiger partial charge in [0.1, 0.15) is 0 Å². The first-order valence-corrected chi connectivity index (χ1v) is 11.1. The lowest BCUT2D eigenvalue weighted by molar-refractivity contribution is 0.0951. The molecule has 1 aliphatic rings. The van der Waals surface area contributed by atoms with Gasteiger partial charge in [-0.1, -0.05) is 72.3 Å². The lowest BCUT2D eigenvalue weighted by atomic mass is 10.1. The van der Waals surface area contributed by atoms with Crippen molar-refractivity contribution in [2.75, 3.05) is 26.2 Å². The van der Waals surface area contributed by atoms with Crippen molar-refractivity contribution in [1.29, 1.82) is 0 Å². The van der Waals surface area contributed by atoms with Crippen molar-refractivity contribution < 1.29 is 4.79 Å². The summed E-state index contributed by atoms with van der Waals surface area (Å²) in [7, 11) is 0. The number of amides is 1. The average Bonchev–Trinajstić information content (AvgIpc) is 2.81. The number of piperazine rings is 1. The topological polar surface area (TPSA) is 35.6 Å². The Morgan fingerprint density at radius 1 is 0.710 bits per heavy atom. The summed E-state index contributed by atoms with van der Waals surface area (Å²) in [5.74, 6) is -0.0262. The Kier molecular flexibility index (Phi) is 7.13. The molecule has 3 aromatic carbocycles. The van der Waals surface area contributed by atoms with Gasteiger partial charge in [-0.05, 0) is 35.7 Å². The van der Waals surface area contributed by atoms with Crippen LogP contribution in [-0.2, 0) is 19.6 Å². The van der Waals surface area contributed by atoms with Gasteiger partial charge in [-0.25, -0.2) is 0 Å². The Bertz CT molecular complexity index is 960. The predicted octanol–water partition coefficient (Wildman–Crippen LogP) is 4.24. The van der Waals surface area contributed by atoms with E-state index in [-0.39, 0.29) is 5.91 Å². The van der Waals surface area contributed by atoms with Crippen LogP contribution in [-0.4, -0.2) is 41.9 Å². The lowest BCUT2D eigenvalue weighted by Gasteiger charge is -2.34. The van der Waals surface area contributed by atoms with E-state index in [1.165, 1.54) is 16.7 Å². The molecule has 0 bridgehead atoms. The number of nitrogens with one attached hydrogen (secondary N) is 1. The summed E-state index contributed by atoms with van der Waals surface area (Å²) in [4.78, 5) is 17.5. The zero-order chi connectivity index (χ0) is 21.5. The largest absolute Gasteiger partial charge is 0.348 e. The van der Waals surface area contributed by atoms with Gasteiger partial charge in [-0.3, -0.25) is 14.6 Å². The Hall–Kier alpha value is -2.95. The lowest BCUT2D eigenvalue weighted by Crippen LogP contribution is -2.45. The summed E-state index contributed by atoms with van der Waals surface area (Å²) in [5, 5.41) is 3.01. The number of benzene rings is 3. The monoisotopic (exact) mass is 413 g/mol. The van der Waals surface area contributed by atoms with Crippen LogP contribution < -0.4 is 5.32 Å². The van der Waals surface area contributed by atoms with Crippen LogP contribution in [0.1, 0.15) is 32.6 Å². The first-order valence-electron chi connectivity index (χ1n) is 11.1. The van der Waals surface area contributed by atoms with Gasteiger partial charge < -0.3 is 5.32 Å². The minimum atomic E-state index is -0.0262. The normalized spacial score (nSPS) is 15.0. The van der Waals surface area contributed by atoms with Crippen LogP contribution in [0.2, 0.25) is 0 Å². The van der Waals surface area contributed by atoms with Crippen molar-refractivity contribution in [1.82, 2.24) is 15.1 Å². The van der Waals surface area contributed by atoms with Crippen molar-refractivity contribution in [2.24, 2.45) is 0 Å². The van der Waals surface area contributed by atoms with Crippen LogP contribution in [0.25, 0.3) is 0 Å². The van der Waals surface area contributed by atoms with Crippen molar-refractivity contribution >= 4 is 5.91 Å². The standard InChI is InChI=1S/C27H31N3O/c1-22-7-9-23(10-8-22)19-28-27(31)26-13-11-25(12-14-26)21-30-17-15-29(16-18-30)20-24-5-3-2-4-6-24/h2-14H,15-21H2,1H3,(H,28,31). The molecule has 1 fully saturated rings. The molecule has 0 radical (unpaired) electrons. The van der Waals surface area contributed by atoms with Gasteiger partial charge in [0.05, 0.1) is 0 Å². The van der Waals surface area contributed by atoms with Crippen molar-refractivity contribution in [3.8, 4) is 0 Å². The minimum absolute atomic E-state index is 0.0262. The Balaban J connectivity index is 1.22. The van der Waals surface area contributed by atoms with E-state index in [9.17, 15) is 4.79 Å². The number of rotatable bonds is 7. The van der Waals surface area contributed by atoms with Gasteiger partial charge in [0.2, 0.25) is 0 Å². The molecule has 1 saturated heterocycles. The molecule has 4 nitrogen and oxygen atoms in total. The molecule has 0 saturated carbocycles. The zero-order valence-corrected chi connectivity index (χ0v) is 18.3. The third-order valence-corrected chi connectivity index (χ3v) is 5.91. The second kappa shape index (κ2) is 10.4. The summed E-state index contributed by atoms with van der Waals surface area (Å²) in [6, 6.07) is 27.0. The molecular weight excluding hydrogens is 382 g/mol. The molecule has 0 spiro atoms. The van der Waals surface area contributed by atoms with Crippen LogP contribution >= 0.6 is 0 Å². The molecule has 0 aromatic heterocycles. The second-order valence-electron chi connectivity index (χ2n) is 8.40. The van der Waals surface area contributed by atoms with E-state index < -0.39 is 0 Å². The van der Waals surface area contributed by atoms with E-state index >= 15 is 0 Å². The Morgan fingerprint density at radius 2 is 1.23 bits per heavy atom. The summed E-state index contributed by atoms with van der Waals surface area (Å²) >= 11 is 0. The first-order chi connectivity index (χ1) is 15.2. The highest BCUT2D eigenvalue weighted by Gasteiger charge is 2.17. The number of hydrogen-bond acceptors (Lipinski definition) is 3. The fourth-order valence-electron chi connectivity index (χ4n) is 3.96. The van der Waals surface area contributed by atoms with Crippen LogP contribution in [0.3, 0.4) is 0 Å². The number of carbonyl (C=O) groups excluding carboxylic acids is 1. The fraction of sp³-hybridized carbons (Fsp3) is 0.296. The van der Waals surface area contributed by atoms with E-state index in [0.29, 0.717) is 12.1 Å². The number of aryl methyl sites for hydroxylation is 1. The maximum Gasteiger partial charge on any atom is 0.251 e. The molecule has 1 aliphatic heterocycles. The highest BCUT2D eigenvalue weighted by atomic mass is 16.1. The van der Waals surface area contributed by atoms with Crippen LogP contribution in [0, 0.1) is 6.92 Å². The molecule has 0 unspecified atom stereocenters. The van der Waals surface area contributed by atoms with Crippen molar-refractivity contribution in [2.45, 2.75) is 26.6 Å². The molecule has 4 heteroatoms. The van der Waals surface area contributed by atoms with Gasteiger partial charge in [-0.15, -0.1) is 0 Å². The molecule has 3 aromatic rings. The Labute approximate surface area is 185 Å². The van der Waals surface area contributed by atoms with Gasteiger partial charge >= 0.3 is 0 Å². The smallest absolute Gasteiger partial charge is 0.251 e. The summed E-state index contributed by atoms with van der Waals surface area (Å²) < 4.78 is 0. The summed E-state index contributed by atoms with van der Waals surface area (Å²) in [6.07, 6.45) is 0. The molecule has 160 valence electrons. The Morgan fingerprint density at radius 3 is 1.81 bits per heavy atom. The maximum absolute atomic E-state index is 12.4. The van der Waals surface area contributed by atoms with Crippen molar-refractivity contribution in [3.05, 3.63) is 107 Å². The van der Waals surface area contributed by atoms with Crippen LogP contribution in [0.4, 0.5) is 0 Å². The highest BCUT2D eigenvalue weighted by molar-refractivity contribution is 5.94. The summed E-state index contributed by atoms with van der Waals surface area (Å²) in [5.41, 5.74) is 5.69. The average molecular weight is 414 g/mol. The minimum Gasteiger partial charge on any atom is -0.348 e. The number of carbonyl (C=O) groups is 1. The highest BCUT2D eigenvalue weighted by Crippen LogP contribution is 2.13. The predicted molar refractivity (Wildman–Crippen MR) is 126 cm³/mol. The van der Waals surface area contributed by atoms with Crippen LogP contribution in [0.5, 0.6) is 0 Å². The molecule has 0 aliphatic carbocycles. The summed E-state index contributed by atoms with van der Waals surface area (Å²) in [6.45, 7) is 8.91. The molecule has 31 heavy (non-hydrogen) atoms. The number of nitrogens with zero attached hydrogens (tertiary/aromatic N) is 2. The molecule has 1 N–H and O–H groups in total. The third-order valence-electron chi connectivity index (χ3n) is 5.91. The van der Waals surface area contributed by atoms with Gasteiger partial charge in [-0.2, -0.15) is 0 Å². The maximum atomic E-state index is 12.4. The SMILES string of the molecule is Cc1ccc(CNC(=O)c2ccc(CN3CCN(Cc4ccccc4)CC3)cc2)cc1. The molecular formula is C27H31N3O. The van der Waals surface area contributed by atoms with E-state index in [2.05, 4.69) is 88.8 Å². The van der Waals surface area contributed by atoms with Gasteiger partial charge in [0, 0.05) is 51.4 Å². The van der Waals surface area contributed by atoms with Crippen molar-refractivity contribution in [3.63, 3.8) is 0 Å². The molecule has 1 heterocycles. The fourth-order valence-corrected chi connectivity index (χ4v) is 3.96. The van der Waals surface area contributed by atoms with E-state index in [1.807, 2.05) is 12.1 Å². The van der Waals surface area contributed by atoms with E-state index in [1.54, 1.807) is 0 Å². The van der Waals surface area contributed by atoms with E-state index in [0.717, 1.165) is 44.8 Å². The van der Waals surface area contributed by atoms with Crippen LogP contribution in [0.15, 0.2) is 78.9 Å². The molecule has 1 amide bonds. The van der Waals surface area contributed by atoms with Gasteiger partial charge in [0.15, 0.2) is 0 Å². The first kappa shape index (κ1) is 21.3.